The molecule has 84 valence electrons. The van der Waals surface area contributed by atoms with Crippen molar-refractivity contribution in [3.05, 3.63) is 23.8 Å². The van der Waals surface area contributed by atoms with Crippen LogP contribution in [0.3, 0.4) is 0 Å². The lowest BCUT2D eigenvalue weighted by Gasteiger charge is -2.15. The zero-order chi connectivity index (χ0) is 11.4. The maximum absolute atomic E-state index is 13.3. The van der Waals surface area contributed by atoms with Gasteiger partial charge in [-0.1, -0.05) is 0 Å². The van der Waals surface area contributed by atoms with Gasteiger partial charge in [0.15, 0.2) is 11.6 Å². The molecule has 0 heterocycles. The molecular formula is C10H14F2N2S. The number of nitrogens with two attached hydrogens (primary N) is 1. The molecule has 0 aliphatic carbocycles. The van der Waals surface area contributed by atoms with Gasteiger partial charge < -0.3 is 11.1 Å². The average molecular weight is 232 g/mol. The van der Waals surface area contributed by atoms with Gasteiger partial charge in [-0.05, 0) is 25.3 Å². The summed E-state index contributed by atoms with van der Waals surface area (Å²) in [6.07, 6.45) is 1.94. The topological polar surface area (TPSA) is 38.0 Å². The van der Waals surface area contributed by atoms with E-state index >= 15 is 0 Å². The summed E-state index contributed by atoms with van der Waals surface area (Å²) in [7, 11) is 0. The molecule has 0 aromatic heterocycles. The number of thioether (sulfide) groups is 1. The highest BCUT2D eigenvalue weighted by Crippen LogP contribution is 2.22. The number of nitrogen functional groups attached to an aromatic ring is 1. The van der Waals surface area contributed by atoms with E-state index in [1.807, 2.05) is 13.2 Å². The Labute approximate surface area is 92.2 Å². The molecule has 0 saturated heterocycles. The lowest BCUT2D eigenvalue weighted by molar-refractivity contribution is 0.586. The van der Waals surface area contributed by atoms with Crippen LogP contribution in [0.1, 0.15) is 6.92 Å². The number of hydrogen-bond donors (Lipinski definition) is 2. The standard InChI is InChI=1S/C10H14F2N2S/c1-6(5-15-2)14-10-8(11)3-7(13)4-9(10)12/h3-4,6,14H,5,13H2,1-2H3. The van der Waals surface area contributed by atoms with Crippen molar-refractivity contribution >= 4 is 23.1 Å². The molecule has 0 amide bonds. The van der Waals surface area contributed by atoms with E-state index < -0.39 is 11.6 Å². The minimum absolute atomic E-state index is 0.00706. The summed E-state index contributed by atoms with van der Waals surface area (Å²) in [6.45, 7) is 1.87. The molecule has 1 atom stereocenters. The van der Waals surface area contributed by atoms with Crippen molar-refractivity contribution in [2.75, 3.05) is 23.1 Å². The van der Waals surface area contributed by atoms with E-state index in [4.69, 9.17) is 5.73 Å². The van der Waals surface area contributed by atoms with Crippen LogP contribution in [0.25, 0.3) is 0 Å². The maximum Gasteiger partial charge on any atom is 0.151 e. The monoisotopic (exact) mass is 232 g/mol. The van der Waals surface area contributed by atoms with Crippen LogP contribution in [-0.2, 0) is 0 Å². The summed E-state index contributed by atoms with van der Waals surface area (Å²) in [6, 6.07) is 2.22. The van der Waals surface area contributed by atoms with E-state index in [9.17, 15) is 8.78 Å². The Morgan fingerprint density at radius 3 is 2.40 bits per heavy atom. The molecule has 1 aromatic rings. The average Bonchev–Trinajstić information content (AvgIpc) is 2.11. The Hall–Kier alpha value is -0.970. The van der Waals surface area contributed by atoms with Crippen LogP contribution in [0.15, 0.2) is 12.1 Å². The molecule has 5 heteroatoms. The number of rotatable bonds is 4. The number of halogens is 2. The van der Waals surface area contributed by atoms with Crippen LogP contribution in [0.4, 0.5) is 20.2 Å². The second-order valence-electron chi connectivity index (χ2n) is 3.36. The lowest BCUT2D eigenvalue weighted by Crippen LogP contribution is -2.19. The molecule has 15 heavy (non-hydrogen) atoms. The Kier molecular flexibility index (Phi) is 4.20. The summed E-state index contributed by atoms with van der Waals surface area (Å²) in [5.74, 6) is -0.524. The first kappa shape index (κ1) is 12.1. The molecule has 0 aliphatic rings. The highest BCUT2D eigenvalue weighted by atomic mass is 32.2. The van der Waals surface area contributed by atoms with Crippen molar-refractivity contribution in [2.24, 2.45) is 0 Å². The first-order valence-corrected chi connectivity index (χ1v) is 5.94. The molecule has 0 spiro atoms. The van der Waals surface area contributed by atoms with E-state index in [2.05, 4.69) is 5.32 Å². The van der Waals surface area contributed by atoms with Crippen molar-refractivity contribution < 1.29 is 8.78 Å². The summed E-state index contributed by atoms with van der Waals surface area (Å²) in [4.78, 5) is 0. The number of hydrogen-bond acceptors (Lipinski definition) is 3. The Bertz CT molecular complexity index is 321. The quantitative estimate of drug-likeness (QED) is 0.784. The SMILES string of the molecule is CSCC(C)Nc1c(F)cc(N)cc1F. The van der Waals surface area contributed by atoms with Gasteiger partial charge in [-0.25, -0.2) is 8.78 Å². The molecule has 0 fully saturated rings. The molecule has 1 rings (SSSR count). The second kappa shape index (κ2) is 5.21. The molecule has 2 nitrogen and oxygen atoms in total. The zero-order valence-electron chi connectivity index (χ0n) is 8.68. The van der Waals surface area contributed by atoms with Crippen molar-refractivity contribution in [1.29, 1.82) is 0 Å². The number of anilines is 2. The van der Waals surface area contributed by atoms with E-state index in [1.54, 1.807) is 11.8 Å². The van der Waals surface area contributed by atoms with E-state index in [1.165, 1.54) is 0 Å². The number of nitrogens with one attached hydrogen (secondary N) is 1. The molecule has 0 radical (unpaired) electrons. The van der Waals surface area contributed by atoms with Crippen molar-refractivity contribution in [2.45, 2.75) is 13.0 Å². The fraction of sp³-hybridized carbons (Fsp3) is 0.400. The third-order valence-electron chi connectivity index (χ3n) is 1.87. The minimum Gasteiger partial charge on any atom is -0.399 e. The highest BCUT2D eigenvalue weighted by molar-refractivity contribution is 7.98. The van der Waals surface area contributed by atoms with Crippen LogP contribution in [0, 0.1) is 11.6 Å². The first-order valence-electron chi connectivity index (χ1n) is 4.54. The largest absolute Gasteiger partial charge is 0.399 e. The van der Waals surface area contributed by atoms with Crippen molar-refractivity contribution in [1.82, 2.24) is 0 Å². The molecule has 0 bridgehead atoms. The summed E-state index contributed by atoms with van der Waals surface area (Å²) in [5, 5.41) is 2.78. The fourth-order valence-electron chi connectivity index (χ4n) is 1.27. The first-order chi connectivity index (χ1) is 7.04. The van der Waals surface area contributed by atoms with Gasteiger partial charge in [0.1, 0.15) is 5.69 Å². The van der Waals surface area contributed by atoms with Crippen molar-refractivity contribution in [3.8, 4) is 0 Å². The van der Waals surface area contributed by atoms with Gasteiger partial charge in [-0.15, -0.1) is 0 Å². The minimum atomic E-state index is -0.652. The molecule has 1 unspecified atom stereocenters. The van der Waals surface area contributed by atoms with Gasteiger partial charge in [-0.2, -0.15) is 11.8 Å². The maximum atomic E-state index is 13.3. The van der Waals surface area contributed by atoms with Crippen LogP contribution < -0.4 is 11.1 Å². The second-order valence-corrected chi connectivity index (χ2v) is 4.27. The van der Waals surface area contributed by atoms with Gasteiger partial charge in [0.2, 0.25) is 0 Å². The van der Waals surface area contributed by atoms with E-state index in [-0.39, 0.29) is 17.4 Å². The molecule has 3 N–H and O–H groups in total. The van der Waals surface area contributed by atoms with Crippen molar-refractivity contribution in [3.63, 3.8) is 0 Å². The normalized spacial score (nSPS) is 12.5. The van der Waals surface area contributed by atoms with Crippen LogP contribution in [0.5, 0.6) is 0 Å². The molecule has 0 saturated carbocycles. The van der Waals surface area contributed by atoms with Gasteiger partial charge in [0.25, 0.3) is 0 Å². The fourth-order valence-corrected chi connectivity index (χ4v) is 1.85. The predicted octanol–water partition coefficient (Wildman–Crippen LogP) is 2.71. The van der Waals surface area contributed by atoms with Gasteiger partial charge >= 0.3 is 0 Å². The summed E-state index contributed by atoms with van der Waals surface area (Å²) in [5.41, 5.74) is 5.29. The lowest BCUT2D eigenvalue weighted by atomic mass is 10.2. The molecular weight excluding hydrogens is 218 g/mol. The Balaban J connectivity index is 2.85. The summed E-state index contributed by atoms with van der Waals surface area (Å²) < 4.78 is 26.6. The van der Waals surface area contributed by atoms with Gasteiger partial charge in [0, 0.05) is 17.5 Å². The van der Waals surface area contributed by atoms with E-state index in [0.29, 0.717) is 0 Å². The third-order valence-corrected chi connectivity index (χ3v) is 2.71. The Morgan fingerprint density at radius 2 is 1.93 bits per heavy atom. The smallest absolute Gasteiger partial charge is 0.151 e. The zero-order valence-corrected chi connectivity index (χ0v) is 9.50. The Morgan fingerprint density at radius 1 is 1.40 bits per heavy atom. The molecule has 0 aliphatic heterocycles. The van der Waals surface area contributed by atoms with Crippen LogP contribution >= 0.6 is 11.8 Å². The predicted molar refractivity (Wildman–Crippen MR) is 62.2 cm³/mol. The van der Waals surface area contributed by atoms with Crippen LogP contribution in [0.2, 0.25) is 0 Å². The summed E-state index contributed by atoms with van der Waals surface area (Å²) >= 11 is 1.61. The van der Waals surface area contributed by atoms with Gasteiger partial charge in [0.05, 0.1) is 0 Å². The van der Waals surface area contributed by atoms with Gasteiger partial charge in [-0.3, -0.25) is 0 Å². The number of benzene rings is 1. The highest BCUT2D eigenvalue weighted by Gasteiger charge is 2.12. The molecule has 1 aromatic carbocycles. The van der Waals surface area contributed by atoms with Crippen LogP contribution in [-0.4, -0.2) is 18.1 Å². The third kappa shape index (κ3) is 3.27. The van der Waals surface area contributed by atoms with E-state index in [0.717, 1.165) is 17.9 Å².